The minimum atomic E-state index is -0.367. The fraction of sp³-hybridized carbons (Fsp3) is 0.765. The van der Waals surface area contributed by atoms with E-state index in [9.17, 15) is 19.2 Å². The lowest BCUT2D eigenvalue weighted by molar-refractivity contribution is -0.142. The molecule has 0 saturated heterocycles. The predicted molar refractivity (Wildman–Crippen MR) is 94.5 cm³/mol. The van der Waals surface area contributed by atoms with Crippen molar-refractivity contribution < 1.29 is 38.1 Å². The second-order valence-electron chi connectivity index (χ2n) is 5.68. The van der Waals surface area contributed by atoms with Gasteiger partial charge in [-0.1, -0.05) is 0 Å². The zero-order valence-corrected chi connectivity index (χ0v) is 16.5. The molecule has 10 heteroatoms. The number of hydrogen-bond acceptors (Lipinski definition) is 10. The molecule has 0 N–H and O–H groups in total. The molecular weight excluding hydrogens is 360 g/mol. The first-order valence-corrected chi connectivity index (χ1v) is 8.58. The Morgan fingerprint density at radius 3 is 0.926 bits per heavy atom. The molecule has 0 radical (unpaired) electrons. The minimum absolute atomic E-state index is 0.152. The zero-order valence-electron chi connectivity index (χ0n) is 16.5. The molecule has 10 nitrogen and oxygen atoms in total. The molecule has 27 heavy (non-hydrogen) atoms. The van der Waals surface area contributed by atoms with Crippen LogP contribution in [0.3, 0.4) is 0 Å². The minimum Gasteiger partial charge on any atom is -0.469 e. The summed E-state index contributed by atoms with van der Waals surface area (Å²) < 4.78 is 18.6. The molecule has 0 bridgehead atoms. The van der Waals surface area contributed by atoms with Crippen LogP contribution in [0, 0.1) is 0 Å². The van der Waals surface area contributed by atoms with Crippen LogP contribution < -0.4 is 0 Å². The first-order chi connectivity index (χ1) is 12.9. The van der Waals surface area contributed by atoms with Crippen molar-refractivity contribution in [1.82, 2.24) is 9.80 Å². The molecule has 0 spiro atoms. The second-order valence-corrected chi connectivity index (χ2v) is 5.68. The average Bonchev–Trinajstić information content (AvgIpc) is 2.69. The second kappa shape index (κ2) is 14.9. The van der Waals surface area contributed by atoms with Crippen LogP contribution in [0.25, 0.3) is 0 Å². The highest BCUT2D eigenvalue weighted by atomic mass is 16.5. The maximum Gasteiger partial charge on any atom is 0.306 e. The molecule has 0 aromatic heterocycles. The van der Waals surface area contributed by atoms with Crippen molar-refractivity contribution >= 4 is 23.9 Å². The van der Waals surface area contributed by atoms with E-state index in [0.717, 1.165) is 0 Å². The zero-order chi connectivity index (χ0) is 20.7. The molecular formula is C17H30N2O8. The van der Waals surface area contributed by atoms with Crippen LogP contribution in [0.1, 0.15) is 25.7 Å². The number of nitrogens with zero attached hydrogens (tertiary/aromatic N) is 2. The van der Waals surface area contributed by atoms with Gasteiger partial charge in [-0.25, -0.2) is 0 Å². The number of methoxy groups -OCH3 is 4. The summed E-state index contributed by atoms with van der Waals surface area (Å²) in [4.78, 5) is 49.4. The molecule has 0 heterocycles. The van der Waals surface area contributed by atoms with Crippen LogP contribution in [-0.4, -0.2) is 95.0 Å². The molecule has 0 aliphatic rings. The summed E-state index contributed by atoms with van der Waals surface area (Å²) in [6.07, 6.45) is 0.609. The third-order valence-corrected chi connectivity index (χ3v) is 3.84. The van der Waals surface area contributed by atoms with E-state index in [1.54, 1.807) is 0 Å². The van der Waals surface area contributed by atoms with Gasteiger partial charge in [-0.15, -0.1) is 0 Å². The lowest BCUT2D eigenvalue weighted by atomic mass is 10.3. The highest BCUT2D eigenvalue weighted by molar-refractivity contribution is 5.70. The van der Waals surface area contributed by atoms with E-state index in [1.807, 2.05) is 9.80 Å². The van der Waals surface area contributed by atoms with Crippen LogP contribution in [0.4, 0.5) is 0 Å². The molecule has 156 valence electrons. The van der Waals surface area contributed by atoms with E-state index in [4.69, 9.17) is 0 Å². The Bertz CT molecular complexity index is 402. The van der Waals surface area contributed by atoms with Gasteiger partial charge in [0.05, 0.1) is 60.8 Å². The fourth-order valence-corrected chi connectivity index (χ4v) is 2.20. The smallest absolute Gasteiger partial charge is 0.306 e. The number of ether oxygens (including phenoxy) is 4. The van der Waals surface area contributed by atoms with Crippen molar-refractivity contribution in [1.29, 1.82) is 0 Å². The van der Waals surface area contributed by atoms with Crippen molar-refractivity contribution in [2.75, 3.05) is 61.3 Å². The van der Waals surface area contributed by atoms with Crippen LogP contribution in [0.15, 0.2) is 0 Å². The summed E-state index contributed by atoms with van der Waals surface area (Å²) in [6, 6.07) is 0. The molecule has 0 aliphatic heterocycles. The van der Waals surface area contributed by atoms with Crippen molar-refractivity contribution in [3.63, 3.8) is 0 Å². The Labute approximate surface area is 159 Å². The van der Waals surface area contributed by atoms with Gasteiger partial charge in [0.1, 0.15) is 0 Å². The predicted octanol–water partition coefficient (Wildman–Crippen LogP) is -0.200. The van der Waals surface area contributed by atoms with Gasteiger partial charge in [-0.05, 0) is 0 Å². The first kappa shape index (κ1) is 24.8. The summed E-state index contributed by atoms with van der Waals surface area (Å²) in [5, 5.41) is 0. The van der Waals surface area contributed by atoms with Gasteiger partial charge < -0.3 is 18.9 Å². The van der Waals surface area contributed by atoms with Gasteiger partial charge in [-0.3, -0.25) is 29.0 Å². The van der Waals surface area contributed by atoms with E-state index in [2.05, 4.69) is 18.9 Å². The lowest BCUT2D eigenvalue weighted by Gasteiger charge is -2.29. The van der Waals surface area contributed by atoms with E-state index in [1.165, 1.54) is 28.4 Å². The van der Waals surface area contributed by atoms with Gasteiger partial charge >= 0.3 is 23.9 Å². The highest BCUT2D eigenvalue weighted by Gasteiger charge is 2.17. The molecule has 0 rings (SSSR count). The monoisotopic (exact) mass is 390 g/mol. The van der Waals surface area contributed by atoms with E-state index < -0.39 is 0 Å². The molecule has 0 aliphatic carbocycles. The molecule has 0 fully saturated rings. The Morgan fingerprint density at radius 2 is 0.741 bits per heavy atom. The number of carbonyl (C=O) groups excluding carboxylic acids is 4. The Balaban J connectivity index is 4.90. The summed E-state index contributed by atoms with van der Waals surface area (Å²) in [7, 11) is 5.22. The van der Waals surface area contributed by atoms with Crippen LogP contribution in [0.5, 0.6) is 0 Å². The molecule has 0 amide bonds. The van der Waals surface area contributed by atoms with Gasteiger partial charge in [0.2, 0.25) is 0 Å². The van der Waals surface area contributed by atoms with Crippen LogP contribution in [0.2, 0.25) is 0 Å². The molecule has 0 unspecified atom stereocenters. The maximum absolute atomic E-state index is 11.4. The van der Waals surface area contributed by atoms with Gasteiger partial charge in [0.15, 0.2) is 0 Å². The number of carbonyl (C=O) groups is 4. The molecule has 0 aromatic carbocycles. The van der Waals surface area contributed by atoms with Crippen molar-refractivity contribution in [3.8, 4) is 0 Å². The summed E-state index contributed by atoms with van der Waals surface area (Å²) in [5.74, 6) is -1.47. The maximum atomic E-state index is 11.4. The number of esters is 4. The van der Waals surface area contributed by atoms with Gasteiger partial charge in [-0.2, -0.15) is 0 Å². The van der Waals surface area contributed by atoms with Crippen LogP contribution >= 0.6 is 0 Å². The van der Waals surface area contributed by atoms with E-state index in [-0.39, 0.29) is 49.6 Å². The van der Waals surface area contributed by atoms with Crippen molar-refractivity contribution in [3.05, 3.63) is 0 Å². The Morgan fingerprint density at radius 1 is 0.519 bits per heavy atom. The number of hydrogen-bond donors (Lipinski definition) is 0. The topological polar surface area (TPSA) is 112 Å². The quantitative estimate of drug-likeness (QED) is 0.224. The van der Waals surface area contributed by atoms with Gasteiger partial charge in [0.25, 0.3) is 0 Å². The molecule has 0 atom stereocenters. The third-order valence-electron chi connectivity index (χ3n) is 3.84. The lowest BCUT2D eigenvalue weighted by Crippen LogP contribution is -2.42. The first-order valence-electron chi connectivity index (χ1n) is 8.58. The third kappa shape index (κ3) is 12.7. The summed E-state index contributed by atoms with van der Waals surface area (Å²) in [6.45, 7) is 1.78. The highest BCUT2D eigenvalue weighted by Crippen LogP contribution is 2.04. The average molecular weight is 390 g/mol. The standard InChI is InChI=1S/C17H30N2O8/c1-24-14(20)5-9-18(10-6-15(21)25-2)13-19(11-7-16(22)26-3)12-8-17(23)27-4/h5-13H2,1-4H3. The van der Waals surface area contributed by atoms with E-state index >= 15 is 0 Å². The SMILES string of the molecule is COC(=O)CCN(CCC(=O)OC)CN(CCC(=O)OC)CCC(=O)OC. The summed E-state index contributed by atoms with van der Waals surface area (Å²) >= 11 is 0. The van der Waals surface area contributed by atoms with Crippen molar-refractivity contribution in [2.45, 2.75) is 25.7 Å². The fourth-order valence-electron chi connectivity index (χ4n) is 2.20. The Kier molecular flexibility index (Phi) is 13.7. The molecule has 0 saturated carbocycles. The van der Waals surface area contributed by atoms with E-state index in [0.29, 0.717) is 32.8 Å². The van der Waals surface area contributed by atoms with Crippen molar-refractivity contribution in [2.24, 2.45) is 0 Å². The largest absolute Gasteiger partial charge is 0.469 e. The number of rotatable bonds is 14. The van der Waals surface area contributed by atoms with Gasteiger partial charge in [0, 0.05) is 26.2 Å². The Hall–Kier alpha value is -2.20. The molecule has 0 aromatic rings. The summed E-state index contributed by atoms with van der Waals surface area (Å²) in [5.41, 5.74) is 0. The normalized spacial score (nSPS) is 10.6. The van der Waals surface area contributed by atoms with Crippen LogP contribution in [-0.2, 0) is 38.1 Å².